The van der Waals surface area contributed by atoms with Gasteiger partial charge in [-0.25, -0.2) is 0 Å². The van der Waals surface area contributed by atoms with E-state index in [1.54, 1.807) is 6.92 Å². The second kappa shape index (κ2) is 7.40. The lowest BCUT2D eigenvalue weighted by Gasteiger charge is -2.20. The quantitative estimate of drug-likeness (QED) is 0.732. The molecular formula is C17H24N2O3. The second-order valence-corrected chi connectivity index (χ2v) is 5.99. The third-order valence-corrected chi connectivity index (χ3v) is 3.98. The molecule has 0 spiro atoms. The summed E-state index contributed by atoms with van der Waals surface area (Å²) in [4.78, 5) is 23.4. The van der Waals surface area contributed by atoms with Gasteiger partial charge in [-0.1, -0.05) is 18.2 Å². The first kappa shape index (κ1) is 16.5. The van der Waals surface area contributed by atoms with Gasteiger partial charge in [-0.3, -0.25) is 9.59 Å². The molecule has 0 fully saturated rings. The molecule has 2 rings (SSSR count). The maximum absolute atomic E-state index is 11.8. The van der Waals surface area contributed by atoms with Crippen LogP contribution in [0.5, 0.6) is 0 Å². The summed E-state index contributed by atoms with van der Waals surface area (Å²) in [6, 6.07) is 6.05. The van der Waals surface area contributed by atoms with Crippen LogP contribution in [0.2, 0.25) is 0 Å². The third kappa shape index (κ3) is 4.31. The molecule has 0 saturated heterocycles. The Morgan fingerprint density at radius 2 is 1.82 bits per heavy atom. The molecule has 0 radical (unpaired) electrons. The normalized spacial score (nSPS) is 16.3. The van der Waals surface area contributed by atoms with Crippen molar-refractivity contribution in [2.45, 2.75) is 51.7 Å². The first-order valence-corrected chi connectivity index (χ1v) is 7.86. The lowest BCUT2D eigenvalue weighted by molar-refractivity contribution is -0.139. The van der Waals surface area contributed by atoms with Crippen molar-refractivity contribution in [2.75, 3.05) is 6.54 Å². The highest BCUT2D eigenvalue weighted by molar-refractivity contribution is 6.35. The average molecular weight is 304 g/mol. The van der Waals surface area contributed by atoms with Crippen LogP contribution in [-0.4, -0.2) is 29.6 Å². The van der Waals surface area contributed by atoms with Crippen LogP contribution in [0.25, 0.3) is 0 Å². The molecule has 22 heavy (non-hydrogen) atoms. The third-order valence-electron chi connectivity index (χ3n) is 3.98. The highest BCUT2D eigenvalue weighted by Crippen LogP contribution is 2.24. The van der Waals surface area contributed by atoms with Crippen molar-refractivity contribution in [2.24, 2.45) is 0 Å². The molecule has 3 N–H and O–H groups in total. The molecule has 1 aromatic rings. The Morgan fingerprint density at radius 3 is 2.50 bits per heavy atom. The summed E-state index contributed by atoms with van der Waals surface area (Å²) in [7, 11) is 0. The van der Waals surface area contributed by atoms with E-state index in [0.29, 0.717) is 0 Å². The number of hydrogen-bond donors (Lipinski definition) is 3. The summed E-state index contributed by atoms with van der Waals surface area (Å²) in [6.45, 7) is 3.48. The molecular weight excluding hydrogens is 280 g/mol. The largest absolute Gasteiger partial charge is 0.392 e. The number of aryl methyl sites for hydroxylation is 2. The van der Waals surface area contributed by atoms with E-state index in [2.05, 4.69) is 22.8 Å². The molecule has 1 aromatic carbocycles. The summed E-state index contributed by atoms with van der Waals surface area (Å²) in [5.74, 6) is -1.39. The Hall–Kier alpha value is -1.88. The summed E-state index contributed by atoms with van der Waals surface area (Å²) < 4.78 is 0. The minimum atomic E-state index is -0.717. The number of amides is 2. The Bertz CT molecular complexity index is 555. The van der Waals surface area contributed by atoms with Crippen LogP contribution in [0.1, 0.15) is 49.4 Å². The van der Waals surface area contributed by atoms with E-state index in [-0.39, 0.29) is 12.6 Å². The van der Waals surface area contributed by atoms with Crippen LogP contribution in [0.15, 0.2) is 18.2 Å². The van der Waals surface area contributed by atoms with Crippen molar-refractivity contribution in [3.63, 3.8) is 0 Å². The van der Waals surface area contributed by atoms with Gasteiger partial charge >= 0.3 is 11.8 Å². The zero-order chi connectivity index (χ0) is 16.1. The SMILES string of the molecule is CC(O)CNC(=O)C(=O)NC(C)c1ccc2c(c1)CCCC2. The number of hydrogen-bond acceptors (Lipinski definition) is 3. The zero-order valence-corrected chi connectivity index (χ0v) is 13.2. The minimum absolute atomic E-state index is 0.0689. The predicted molar refractivity (Wildman–Crippen MR) is 84.3 cm³/mol. The Labute approximate surface area is 131 Å². The standard InChI is InChI=1S/C17H24N2O3/c1-11(20)10-18-16(21)17(22)19-12(2)14-8-7-13-5-3-4-6-15(13)9-14/h7-9,11-12,20H,3-6,10H2,1-2H3,(H,18,21)(H,19,22). The number of aliphatic hydroxyl groups is 1. The smallest absolute Gasteiger partial charge is 0.309 e. The van der Waals surface area contributed by atoms with Gasteiger partial charge in [-0.05, 0) is 56.2 Å². The van der Waals surface area contributed by atoms with Gasteiger partial charge < -0.3 is 15.7 Å². The number of carbonyl (C=O) groups is 2. The summed E-state index contributed by atoms with van der Waals surface area (Å²) in [6.07, 6.45) is 3.98. The van der Waals surface area contributed by atoms with E-state index < -0.39 is 17.9 Å². The van der Waals surface area contributed by atoms with Gasteiger partial charge in [0.1, 0.15) is 0 Å². The first-order chi connectivity index (χ1) is 10.5. The molecule has 0 bridgehead atoms. The summed E-state index contributed by atoms with van der Waals surface area (Å²) >= 11 is 0. The maximum atomic E-state index is 11.8. The number of rotatable bonds is 4. The molecule has 0 aromatic heterocycles. The fourth-order valence-corrected chi connectivity index (χ4v) is 2.69. The molecule has 2 amide bonds. The Kier molecular flexibility index (Phi) is 5.55. The fraction of sp³-hybridized carbons (Fsp3) is 0.529. The fourth-order valence-electron chi connectivity index (χ4n) is 2.69. The molecule has 0 heterocycles. The lowest BCUT2D eigenvalue weighted by atomic mass is 9.89. The maximum Gasteiger partial charge on any atom is 0.309 e. The number of benzene rings is 1. The number of carbonyl (C=O) groups excluding carboxylic acids is 2. The van der Waals surface area contributed by atoms with Crippen LogP contribution in [0.4, 0.5) is 0 Å². The van der Waals surface area contributed by atoms with Crippen LogP contribution < -0.4 is 10.6 Å². The molecule has 2 unspecified atom stereocenters. The zero-order valence-electron chi connectivity index (χ0n) is 13.2. The summed E-state index contributed by atoms with van der Waals surface area (Å²) in [5.41, 5.74) is 3.75. The molecule has 5 heteroatoms. The van der Waals surface area contributed by atoms with Gasteiger partial charge in [0.2, 0.25) is 0 Å². The van der Waals surface area contributed by atoms with Gasteiger partial charge in [-0.15, -0.1) is 0 Å². The van der Waals surface area contributed by atoms with Crippen molar-refractivity contribution in [3.8, 4) is 0 Å². The second-order valence-electron chi connectivity index (χ2n) is 5.99. The van der Waals surface area contributed by atoms with Gasteiger partial charge in [-0.2, -0.15) is 0 Å². The number of nitrogens with one attached hydrogen (secondary N) is 2. The van der Waals surface area contributed by atoms with E-state index in [0.717, 1.165) is 18.4 Å². The van der Waals surface area contributed by atoms with E-state index in [9.17, 15) is 9.59 Å². The average Bonchev–Trinajstić information content (AvgIpc) is 2.51. The van der Waals surface area contributed by atoms with Gasteiger partial charge in [0.15, 0.2) is 0 Å². The van der Waals surface area contributed by atoms with E-state index in [1.807, 2.05) is 13.0 Å². The monoisotopic (exact) mass is 304 g/mol. The van der Waals surface area contributed by atoms with Crippen molar-refractivity contribution < 1.29 is 14.7 Å². The molecule has 5 nitrogen and oxygen atoms in total. The lowest BCUT2D eigenvalue weighted by Crippen LogP contribution is -2.43. The van der Waals surface area contributed by atoms with E-state index >= 15 is 0 Å². The molecule has 1 aliphatic rings. The molecule has 1 aliphatic carbocycles. The molecule has 0 saturated carbocycles. The van der Waals surface area contributed by atoms with Gasteiger partial charge in [0.25, 0.3) is 0 Å². The Morgan fingerprint density at radius 1 is 1.14 bits per heavy atom. The van der Waals surface area contributed by atoms with Gasteiger partial charge in [0.05, 0.1) is 12.1 Å². The van der Waals surface area contributed by atoms with Gasteiger partial charge in [0, 0.05) is 6.54 Å². The highest BCUT2D eigenvalue weighted by atomic mass is 16.3. The number of aliphatic hydroxyl groups excluding tert-OH is 1. The van der Waals surface area contributed by atoms with Crippen molar-refractivity contribution in [3.05, 3.63) is 34.9 Å². The van der Waals surface area contributed by atoms with Crippen molar-refractivity contribution in [1.82, 2.24) is 10.6 Å². The molecule has 120 valence electrons. The number of fused-ring (bicyclic) bond motifs is 1. The summed E-state index contributed by atoms with van der Waals surface area (Å²) in [5, 5.41) is 14.2. The van der Waals surface area contributed by atoms with E-state index in [4.69, 9.17) is 5.11 Å². The first-order valence-electron chi connectivity index (χ1n) is 7.86. The molecule has 2 atom stereocenters. The Balaban J connectivity index is 1.95. The molecule has 0 aliphatic heterocycles. The van der Waals surface area contributed by atoms with Crippen LogP contribution in [0.3, 0.4) is 0 Å². The van der Waals surface area contributed by atoms with Crippen LogP contribution in [0, 0.1) is 0 Å². The van der Waals surface area contributed by atoms with Crippen molar-refractivity contribution >= 4 is 11.8 Å². The predicted octanol–water partition coefficient (Wildman–Crippen LogP) is 1.24. The minimum Gasteiger partial charge on any atom is -0.392 e. The topological polar surface area (TPSA) is 78.4 Å². The van der Waals surface area contributed by atoms with Crippen LogP contribution in [-0.2, 0) is 22.4 Å². The van der Waals surface area contributed by atoms with Crippen molar-refractivity contribution in [1.29, 1.82) is 0 Å². The highest BCUT2D eigenvalue weighted by Gasteiger charge is 2.18. The van der Waals surface area contributed by atoms with Crippen LogP contribution >= 0.6 is 0 Å². The van der Waals surface area contributed by atoms with E-state index in [1.165, 1.54) is 24.0 Å².